The number of alkyl halides is 4. The Bertz CT molecular complexity index is 187. The van der Waals surface area contributed by atoms with E-state index in [2.05, 4.69) is 11.3 Å². The average Bonchev–Trinajstić information content (AvgIpc) is 1.97. The fraction of sp³-hybridized carbons (Fsp3) is 0.571. The van der Waals surface area contributed by atoms with Crippen molar-refractivity contribution < 1.29 is 27.1 Å². The van der Waals surface area contributed by atoms with E-state index in [0.717, 1.165) is 6.08 Å². The van der Waals surface area contributed by atoms with E-state index in [4.69, 9.17) is 0 Å². The number of hydrogen-bond acceptors (Lipinski definition) is 2. The highest BCUT2D eigenvalue weighted by molar-refractivity contribution is 5.81. The molecule has 0 radical (unpaired) electrons. The Balaban J connectivity index is 3.69. The van der Waals surface area contributed by atoms with Gasteiger partial charge in [-0.3, -0.25) is 0 Å². The molecule has 0 heterocycles. The Morgan fingerprint density at radius 2 is 2.08 bits per heavy atom. The number of hydrogen-bond donors (Lipinski definition) is 0. The fourth-order valence-corrected chi connectivity index (χ4v) is 0.542. The fourth-order valence-electron chi connectivity index (χ4n) is 0.542. The lowest BCUT2D eigenvalue weighted by Gasteiger charge is -2.10. The normalized spacial score (nSPS) is 13.5. The Hall–Kier alpha value is -1.07. The highest BCUT2D eigenvalue weighted by Crippen LogP contribution is 2.22. The maximum atomic E-state index is 12.4. The third-order valence-corrected chi connectivity index (χ3v) is 1.03. The quantitative estimate of drug-likeness (QED) is 0.394. The third-order valence-electron chi connectivity index (χ3n) is 1.03. The average molecular weight is 200 g/mol. The molecule has 0 fully saturated rings. The first-order chi connectivity index (χ1) is 5.85. The van der Waals surface area contributed by atoms with Crippen molar-refractivity contribution in [1.29, 1.82) is 0 Å². The molecule has 76 valence electrons. The molecule has 0 N–H and O–H groups in total. The van der Waals surface area contributed by atoms with Crippen LogP contribution in [0.3, 0.4) is 0 Å². The standard InChI is InChI=1S/C7H8F4O2/c1-2-6(12)13-4-5(8)3-7(9,10)11/h2,5H,1,3-4H2. The summed E-state index contributed by atoms with van der Waals surface area (Å²) in [5.41, 5.74) is 0. The van der Waals surface area contributed by atoms with E-state index in [1.165, 1.54) is 0 Å². The minimum atomic E-state index is -4.58. The first-order valence-corrected chi connectivity index (χ1v) is 3.35. The van der Waals surface area contributed by atoms with E-state index in [0.29, 0.717) is 0 Å². The molecular weight excluding hydrogens is 192 g/mol. The van der Waals surface area contributed by atoms with Crippen LogP contribution in [0, 0.1) is 0 Å². The van der Waals surface area contributed by atoms with Crippen LogP contribution in [0.4, 0.5) is 17.6 Å². The van der Waals surface area contributed by atoms with Crippen LogP contribution in [-0.4, -0.2) is 24.9 Å². The zero-order chi connectivity index (χ0) is 10.5. The van der Waals surface area contributed by atoms with Crippen molar-refractivity contribution in [3.05, 3.63) is 12.7 Å². The van der Waals surface area contributed by atoms with E-state index >= 15 is 0 Å². The van der Waals surface area contributed by atoms with Crippen LogP contribution in [0.2, 0.25) is 0 Å². The molecule has 0 aliphatic carbocycles. The Morgan fingerprint density at radius 1 is 1.54 bits per heavy atom. The van der Waals surface area contributed by atoms with E-state index in [1.54, 1.807) is 0 Å². The summed E-state index contributed by atoms with van der Waals surface area (Å²) in [4.78, 5) is 10.3. The highest BCUT2D eigenvalue weighted by atomic mass is 19.4. The predicted octanol–water partition coefficient (Wildman–Crippen LogP) is 2.01. The summed E-state index contributed by atoms with van der Waals surface area (Å²) in [6.45, 7) is 2.10. The number of esters is 1. The van der Waals surface area contributed by atoms with E-state index in [9.17, 15) is 22.4 Å². The molecule has 0 aromatic heterocycles. The van der Waals surface area contributed by atoms with Crippen molar-refractivity contribution in [3.8, 4) is 0 Å². The second-order valence-electron chi connectivity index (χ2n) is 2.25. The number of carbonyl (C=O) groups excluding carboxylic acids is 1. The highest BCUT2D eigenvalue weighted by Gasteiger charge is 2.32. The van der Waals surface area contributed by atoms with E-state index < -0.39 is 31.3 Å². The number of halogens is 4. The monoisotopic (exact) mass is 200 g/mol. The molecule has 6 heteroatoms. The maximum Gasteiger partial charge on any atom is 0.392 e. The van der Waals surface area contributed by atoms with Crippen molar-refractivity contribution in [3.63, 3.8) is 0 Å². The van der Waals surface area contributed by atoms with Gasteiger partial charge in [0, 0.05) is 6.08 Å². The lowest BCUT2D eigenvalue weighted by Crippen LogP contribution is -2.21. The topological polar surface area (TPSA) is 26.3 Å². The summed E-state index contributed by atoms with van der Waals surface area (Å²) in [5, 5.41) is 0. The molecule has 2 nitrogen and oxygen atoms in total. The SMILES string of the molecule is C=CC(=O)OCC(F)CC(F)(F)F. The maximum absolute atomic E-state index is 12.4. The first kappa shape index (κ1) is 11.9. The number of carbonyl (C=O) groups is 1. The van der Waals surface area contributed by atoms with Crippen molar-refractivity contribution >= 4 is 5.97 Å². The van der Waals surface area contributed by atoms with Gasteiger partial charge in [0.1, 0.15) is 12.8 Å². The van der Waals surface area contributed by atoms with Gasteiger partial charge in [0.15, 0.2) is 0 Å². The summed E-state index contributed by atoms with van der Waals surface area (Å²) in [6.07, 6.45) is -7.67. The van der Waals surface area contributed by atoms with E-state index in [-0.39, 0.29) is 0 Å². The summed E-state index contributed by atoms with van der Waals surface area (Å²) < 4.78 is 51.0. The second kappa shape index (κ2) is 4.84. The molecule has 1 atom stereocenters. The smallest absolute Gasteiger partial charge is 0.392 e. The number of rotatable bonds is 4. The van der Waals surface area contributed by atoms with Gasteiger partial charge in [0.05, 0.1) is 6.42 Å². The van der Waals surface area contributed by atoms with Gasteiger partial charge in [0.25, 0.3) is 0 Å². The molecule has 0 aromatic rings. The zero-order valence-corrected chi connectivity index (χ0v) is 6.60. The van der Waals surface area contributed by atoms with Gasteiger partial charge in [-0.1, -0.05) is 6.58 Å². The van der Waals surface area contributed by atoms with Gasteiger partial charge in [-0.15, -0.1) is 0 Å². The summed E-state index contributed by atoms with van der Waals surface area (Å²) in [6, 6.07) is 0. The summed E-state index contributed by atoms with van der Waals surface area (Å²) >= 11 is 0. The van der Waals surface area contributed by atoms with Gasteiger partial charge in [0.2, 0.25) is 0 Å². The van der Waals surface area contributed by atoms with Gasteiger partial charge in [-0.2, -0.15) is 13.2 Å². The van der Waals surface area contributed by atoms with Crippen molar-refractivity contribution in [2.45, 2.75) is 18.8 Å². The third kappa shape index (κ3) is 7.30. The van der Waals surface area contributed by atoms with Crippen LogP contribution in [0.1, 0.15) is 6.42 Å². The molecule has 13 heavy (non-hydrogen) atoms. The molecular formula is C7H8F4O2. The van der Waals surface area contributed by atoms with Gasteiger partial charge < -0.3 is 4.74 Å². The molecule has 0 spiro atoms. The molecule has 0 saturated heterocycles. The lowest BCUT2D eigenvalue weighted by atomic mass is 10.3. The Kier molecular flexibility index (Phi) is 4.44. The summed E-state index contributed by atoms with van der Waals surface area (Å²) in [5.74, 6) is -0.940. The minimum Gasteiger partial charge on any atom is -0.459 e. The molecule has 0 aromatic carbocycles. The Morgan fingerprint density at radius 3 is 2.46 bits per heavy atom. The molecule has 0 aliphatic heterocycles. The van der Waals surface area contributed by atoms with Crippen LogP contribution < -0.4 is 0 Å². The first-order valence-electron chi connectivity index (χ1n) is 3.35. The van der Waals surface area contributed by atoms with Crippen molar-refractivity contribution in [2.24, 2.45) is 0 Å². The molecule has 0 bridgehead atoms. The molecule has 0 saturated carbocycles. The van der Waals surface area contributed by atoms with E-state index in [1.807, 2.05) is 0 Å². The minimum absolute atomic E-state index is 0.750. The van der Waals surface area contributed by atoms with Crippen LogP contribution in [0.5, 0.6) is 0 Å². The molecule has 1 unspecified atom stereocenters. The largest absolute Gasteiger partial charge is 0.459 e. The van der Waals surface area contributed by atoms with Gasteiger partial charge >= 0.3 is 12.1 Å². The molecule has 0 amide bonds. The second-order valence-corrected chi connectivity index (χ2v) is 2.25. The summed E-state index contributed by atoms with van der Waals surface area (Å²) in [7, 11) is 0. The zero-order valence-electron chi connectivity index (χ0n) is 6.60. The van der Waals surface area contributed by atoms with Crippen LogP contribution in [0.15, 0.2) is 12.7 Å². The number of ether oxygens (including phenoxy) is 1. The Labute approximate surface area is 72.2 Å². The van der Waals surface area contributed by atoms with Crippen LogP contribution in [0.25, 0.3) is 0 Å². The predicted molar refractivity (Wildman–Crippen MR) is 36.7 cm³/mol. The molecule has 0 aliphatic rings. The van der Waals surface area contributed by atoms with Crippen molar-refractivity contribution in [1.82, 2.24) is 0 Å². The van der Waals surface area contributed by atoms with Gasteiger partial charge in [-0.05, 0) is 0 Å². The van der Waals surface area contributed by atoms with Crippen LogP contribution in [-0.2, 0) is 9.53 Å². The molecule has 0 rings (SSSR count). The van der Waals surface area contributed by atoms with Gasteiger partial charge in [-0.25, -0.2) is 9.18 Å². The lowest BCUT2D eigenvalue weighted by molar-refractivity contribution is -0.157. The van der Waals surface area contributed by atoms with Crippen molar-refractivity contribution in [2.75, 3.05) is 6.61 Å². The van der Waals surface area contributed by atoms with Crippen LogP contribution >= 0.6 is 0 Å².